The van der Waals surface area contributed by atoms with Crippen LogP contribution in [0.1, 0.15) is 39.5 Å². The monoisotopic (exact) mass is 435 g/mol. The molecule has 0 aliphatic heterocycles. The Morgan fingerprint density at radius 1 is 0.826 bits per heavy atom. The molecule has 3 aromatic rings. The van der Waals surface area contributed by atoms with Crippen LogP contribution in [0, 0.1) is 5.92 Å². The van der Waals surface area contributed by atoms with Gasteiger partial charge in [0.2, 0.25) is 0 Å². The summed E-state index contributed by atoms with van der Waals surface area (Å²) in [6, 6.07) is 13.2. The second-order valence-corrected chi connectivity index (χ2v) is 8.55. The lowest BCUT2D eigenvalue weighted by Crippen LogP contribution is -1.98. The van der Waals surface area contributed by atoms with Gasteiger partial charge in [0, 0.05) is 37.3 Å². The molecule has 0 amide bonds. The molecule has 3 rings (SSSR count). The molecule has 0 spiro atoms. The Hall–Kier alpha value is -0.800. The molecular weight excluding hydrogens is 414 g/mol. The Bertz CT molecular complexity index is 758. The standard InChI is InChI=1S/C20H23Br2N/c1-14(2)6-4-3-5-11-23-19-9-7-15(21)12-17(19)18-13-16(22)8-10-20(18)23/h7-10,12-14H,3-6,11H2,1-2H3. The third-order valence-corrected chi connectivity index (χ3v) is 5.44. The van der Waals surface area contributed by atoms with Gasteiger partial charge < -0.3 is 4.57 Å². The number of rotatable bonds is 6. The Morgan fingerprint density at radius 3 is 1.91 bits per heavy atom. The highest BCUT2D eigenvalue weighted by molar-refractivity contribution is 9.10. The van der Waals surface area contributed by atoms with Gasteiger partial charge in [-0.15, -0.1) is 0 Å². The molecule has 2 aromatic carbocycles. The number of benzene rings is 2. The summed E-state index contributed by atoms with van der Waals surface area (Å²) in [4.78, 5) is 0. The molecular formula is C20H23Br2N. The highest BCUT2D eigenvalue weighted by Gasteiger charge is 2.11. The molecule has 0 fully saturated rings. The zero-order valence-electron chi connectivity index (χ0n) is 13.8. The van der Waals surface area contributed by atoms with Gasteiger partial charge in [-0.05, 0) is 48.7 Å². The van der Waals surface area contributed by atoms with E-state index in [0.29, 0.717) is 0 Å². The highest BCUT2D eigenvalue weighted by Crippen LogP contribution is 2.33. The predicted octanol–water partition coefficient (Wildman–Crippen LogP) is 7.54. The molecule has 0 radical (unpaired) electrons. The van der Waals surface area contributed by atoms with Gasteiger partial charge in [0.05, 0.1) is 0 Å². The molecule has 0 saturated heterocycles. The van der Waals surface area contributed by atoms with E-state index < -0.39 is 0 Å². The van der Waals surface area contributed by atoms with Gasteiger partial charge in [0.1, 0.15) is 0 Å². The van der Waals surface area contributed by atoms with E-state index in [0.717, 1.165) is 21.4 Å². The molecule has 1 nitrogen and oxygen atoms in total. The fraction of sp³-hybridized carbons (Fsp3) is 0.400. The molecule has 0 saturated carbocycles. The van der Waals surface area contributed by atoms with Crippen molar-refractivity contribution in [3.8, 4) is 0 Å². The van der Waals surface area contributed by atoms with E-state index in [9.17, 15) is 0 Å². The van der Waals surface area contributed by atoms with E-state index in [1.807, 2.05) is 0 Å². The fourth-order valence-corrected chi connectivity index (χ4v) is 4.01. The summed E-state index contributed by atoms with van der Waals surface area (Å²) in [7, 11) is 0. The van der Waals surface area contributed by atoms with Crippen molar-refractivity contribution in [1.82, 2.24) is 4.57 Å². The van der Waals surface area contributed by atoms with Crippen LogP contribution in [-0.2, 0) is 6.54 Å². The molecule has 0 aliphatic rings. The number of aromatic nitrogens is 1. The topological polar surface area (TPSA) is 4.93 Å². The summed E-state index contributed by atoms with van der Waals surface area (Å²) < 4.78 is 4.76. The summed E-state index contributed by atoms with van der Waals surface area (Å²) in [6.07, 6.45) is 5.24. The summed E-state index contributed by atoms with van der Waals surface area (Å²) in [6.45, 7) is 5.72. The zero-order chi connectivity index (χ0) is 16.4. The second-order valence-electron chi connectivity index (χ2n) is 6.72. The lowest BCUT2D eigenvalue weighted by Gasteiger charge is -2.08. The number of aryl methyl sites for hydroxylation is 1. The van der Waals surface area contributed by atoms with Gasteiger partial charge in [-0.3, -0.25) is 0 Å². The van der Waals surface area contributed by atoms with Crippen molar-refractivity contribution >= 4 is 53.7 Å². The minimum absolute atomic E-state index is 0.818. The summed E-state index contributed by atoms with van der Waals surface area (Å²) in [5, 5.41) is 2.66. The van der Waals surface area contributed by atoms with Gasteiger partial charge in [-0.2, -0.15) is 0 Å². The highest BCUT2D eigenvalue weighted by atomic mass is 79.9. The van der Waals surface area contributed by atoms with Crippen molar-refractivity contribution in [3.05, 3.63) is 45.3 Å². The molecule has 1 aromatic heterocycles. The smallest absolute Gasteiger partial charge is 0.0492 e. The molecule has 0 N–H and O–H groups in total. The molecule has 122 valence electrons. The quantitative estimate of drug-likeness (QED) is 0.351. The molecule has 3 heteroatoms. The van der Waals surface area contributed by atoms with Gasteiger partial charge in [0.15, 0.2) is 0 Å². The lowest BCUT2D eigenvalue weighted by atomic mass is 10.1. The Kier molecular flexibility index (Phi) is 5.48. The Balaban J connectivity index is 1.91. The van der Waals surface area contributed by atoms with Gasteiger partial charge in [0.25, 0.3) is 0 Å². The van der Waals surface area contributed by atoms with Gasteiger partial charge >= 0.3 is 0 Å². The number of fused-ring (bicyclic) bond motifs is 3. The number of hydrogen-bond donors (Lipinski definition) is 0. The fourth-order valence-electron chi connectivity index (χ4n) is 3.29. The largest absolute Gasteiger partial charge is 0.340 e. The first kappa shape index (κ1) is 17.0. The third-order valence-electron chi connectivity index (χ3n) is 4.45. The first-order valence-corrected chi connectivity index (χ1v) is 10.0. The van der Waals surface area contributed by atoms with Crippen molar-refractivity contribution < 1.29 is 0 Å². The molecule has 0 unspecified atom stereocenters. The zero-order valence-corrected chi connectivity index (χ0v) is 17.0. The maximum Gasteiger partial charge on any atom is 0.0492 e. The van der Waals surface area contributed by atoms with Crippen LogP contribution in [0.25, 0.3) is 21.8 Å². The van der Waals surface area contributed by atoms with Crippen molar-refractivity contribution in [2.75, 3.05) is 0 Å². The normalized spacial score (nSPS) is 11.9. The van der Waals surface area contributed by atoms with Crippen LogP contribution in [0.4, 0.5) is 0 Å². The molecule has 0 aliphatic carbocycles. The Labute approximate surface area is 155 Å². The number of unbranched alkanes of at least 4 members (excludes halogenated alkanes) is 2. The van der Waals surface area contributed by atoms with Crippen molar-refractivity contribution in [1.29, 1.82) is 0 Å². The van der Waals surface area contributed by atoms with Crippen LogP contribution in [0.5, 0.6) is 0 Å². The summed E-state index contributed by atoms with van der Waals surface area (Å²) in [5.41, 5.74) is 2.68. The van der Waals surface area contributed by atoms with Crippen LogP contribution < -0.4 is 0 Å². The number of halogens is 2. The summed E-state index contributed by atoms with van der Waals surface area (Å²) >= 11 is 7.22. The first-order valence-electron chi connectivity index (χ1n) is 8.43. The van der Waals surface area contributed by atoms with Crippen LogP contribution >= 0.6 is 31.9 Å². The van der Waals surface area contributed by atoms with E-state index in [4.69, 9.17) is 0 Å². The van der Waals surface area contributed by atoms with E-state index in [-0.39, 0.29) is 0 Å². The predicted molar refractivity (Wildman–Crippen MR) is 108 cm³/mol. The molecule has 0 bridgehead atoms. The Morgan fingerprint density at radius 2 is 1.39 bits per heavy atom. The van der Waals surface area contributed by atoms with Gasteiger partial charge in [-0.1, -0.05) is 65.0 Å². The maximum atomic E-state index is 3.61. The lowest BCUT2D eigenvalue weighted by molar-refractivity contribution is 0.512. The number of hydrogen-bond acceptors (Lipinski definition) is 0. The average molecular weight is 437 g/mol. The minimum atomic E-state index is 0.818. The van der Waals surface area contributed by atoms with Crippen LogP contribution in [0.15, 0.2) is 45.3 Å². The van der Waals surface area contributed by atoms with E-state index in [1.54, 1.807) is 0 Å². The maximum absolute atomic E-state index is 3.61. The van der Waals surface area contributed by atoms with Crippen LogP contribution in [0.3, 0.4) is 0 Å². The molecule has 23 heavy (non-hydrogen) atoms. The SMILES string of the molecule is CC(C)CCCCCn1c2ccc(Br)cc2c2cc(Br)ccc21. The minimum Gasteiger partial charge on any atom is -0.340 e. The third kappa shape index (κ3) is 3.83. The van der Waals surface area contributed by atoms with E-state index >= 15 is 0 Å². The van der Waals surface area contributed by atoms with Crippen LogP contribution in [0.2, 0.25) is 0 Å². The first-order chi connectivity index (χ1) is 11.1. The van der Waals surface area contributed by atoms with Crippen molar-refractivity contribution in [2.45, 2.75) is 46.1 Å². The van der Waals surface area contributed by atoms with E-state index in [2.05, 4.69) is 86.7 Å². The van der Waals surface area contributed by atoms with Crippen LogP contribution in [-0.4, -0.2) is 4.57 Å². The molecule has 0 atom stereocenters. The van der Waals surface area contributed by atoms with Crippen molar-refractivity contribution in [2.24, 2.45) is 5.92 Å². The van der Waals surface area contributed by atoms with E-state index in [1.165, 1.54) is 47.5 Å². The van der Waals surface area contributed by atoms with Gasteiger partial charge in [-0.25, -0.2) is 0 Å². The number of nitrogens with zero attached hydrogens (tertiary/aromatic N) is 1. The average Bonchev–Trinajstić information content (AvgIpc) is 2.79. The molecule has 1 heterocycles. The summed E-state index contributed by atoms with van der Waals surface area (Å²) in [5.74, 6) is 0.818. The van der Waals surface area contributed by atoms with Crippen molar-refractivity contribution in [3.63, 3.8) is 0 Å². The second kappa shape index (κ2) is 7.40.